The minimum absolute atomic E-state index is 0.0845. The van der Waals surface area contributed by atoms with Gasteiger partial charge in [0.25, 0.3) is 11.6 Å². The van der Waals surface area contributed by atoms with E-state index in [1.165, 1.54) is 18.2 Å². The van der Waals surface area contributed by atoms with Crippen LogP contribution >= 0.6 is 23.4 Å². The maximum absolute atomic E-state index is 12.3. The summed E-state index contributed by atoms with van der Waals surface area (Å²) in [4.78, 5) is 24.0. The molecule has 0 aliphatic heterocycles. The van der Waals surface area contributed by atoms with Crippen LogP contribution in [0.25, 0.3) is 0 Å². The van der Waals surface area contributed by atoms with Crippen LogP contribution in [0.3, 0.4) is 0 Å². The number of thioether (sulfide) groups is 1. The van der Waals surface area contributed by atoms with E-state index in [1.54, 1.807) is 23.7 Å². The van der Waals surface area contributed by atoms with E-state index >= 15 is 0 Å². The van der Waals surface area contributed by atoms with Gasteiger partial charge in [-0.2, -0.15) is 11.8 Å². The van der Waals surface area contributed by atoms with Crippen LogP contribution in [0.5, 0.6) is 0 Å². The summed E-state index contributed by atoms with van der Waals surface area (Å²) >= 11 is 7.69. The number of nitro benzene ring substituents is 1. The van der Waals surface area contributed by atoms with Gasteiger partial charge in [-0.05, 0) is 31.4 Å². The lowest BCUT2D eigenvalue weighted by atomic mass is 10.1. The molecule has 110 valence electrons. The molecule has 1 rings (SSSR count). The second-order valence-electron chi connectivity index (χ2n) is 4.47. The Hall–Kier alpha value is -1.27. The number of non-ortho nitro benzene ring substituents is 1. The quantitative estimate of drug-likeness (QED) is 0.595. The van der Waals surface area contributed by atoms with E-state index in [9.17, 15) is 14.9 Å². The molecule has 5 nitrogen and oxygen atoms in total. The molecule has 1 aromatic carbocycles. The van der Waals surface area contributed by atoms with Gasteiger partial charge in [-0.25, -0.2) is 0 Å². The standard InChI is InChI=1S/C13H17ClN2O3S/c1-9(6-7-20-3)15(2)13(17)11-5-4-10(16(18)19)8-12(11)14/h4-5,8-9H,6-7H2,1-3H3. The Balaban J connectivity index is 2.89. The number of carbonyl (C=O) groups is 1. The van der Waals surface area contributed by atoms with Gasteiger partial charge in [0.05, 0.1) is 15.5 Å². The molecule has 20 heavy (non-hydrogen) atoms. The van der Waals surface area contributed by atoms with Crippen molar-refractivity contribution in [2.45, 2.75) is 19.4 Å². The zero-order valence-electron chi connectivity index (χ0n) is 11.6. The first-order chi connectivity index (χ1) is 9.38. The monoisotopic (exact) mass is 316 g/mol. The van der Waals surface area contributed by atoms with E-state index < -0.39 is 4.92 Å². The molecule has 1 unspecified atom stereocenters. The zero-order chi connectivity index (χ0) is 15.3. The predicted octanol–water partition coefficient (Wildman–Crippen LogP) is 3.46. The van der Waals surface area contributed by atoms with Crippen LogP contribution in [0.4, 0.5) is 5.69 Å². The number of carbonyl (C=O) groups excluding carboxylic acids is 1. The molecular formula is C13H17ClN2O3S. The molecule has 0 bridgehead atoms. The highest BCUT2D eigenvalue weighted by Crippen LogP contribution is 2.24. The number of benzene rings is 1. The fourth-order valence-corrected chi connectivity index (χ4v) is 2.50. The van der Waals surface area contributed by atoms with Crippen molar-refractivity contribution in [3.63, 3.8) is 0 Å². The fraction of sp³-hybridized carbons (Fsp3) is 0.462. The number of amides is 1. The van der Waals surface area contributed by atoms with Gasteiger partial charge < -0.3 is 4.90 Å². The van der Waals surface area contributed by atoms with Crippen molar-refractivity contribution in [3.8, 4) is 0 Å². The van der Waals surface area contributed by atoms with Crippen molar-refractivity contribution in [1.29, 1.82) is 0 Å². The Morgan fingerprint density at radius 2 is 2.20 bits per heavy atom. The van der Waals surface area contributed by atoms with Gasteiger partial charge in [0.2, 0.25) is 0 Å². The highest BCUT2D eigenvalue weighted by molar-refractivity contribution is 7.98. The van der Waals surface area contributed by atoms with Crippen molar-refractivity contribution in [2.75, 3.05) is 19.1 Å². The summed E-state index contributed by atoms with van der Waals surface area (Å²) in [5.41, 5.74) is 0.167. The first-order valence-corrected chi connectivity index (χ1v) is 7.85. The van der Waals surface area contributed by atoms with E-state index in [0.29, 0.717) is 0 Å². The topological polar surface area (TPSA) is 63.5 Å². The molecule has 7 heteroatoms. The zero-order valence-corrected chi connectivity index (χ0v) is 13.2. The highest BCUT2D eigenvalue weighted by Gasteiger charge is 2.21. The Labute approximate surface area is 127 Å². The average molecular weight is 317 g/mol. The molecular weight excluding hydrogens is 300 g/mol. The van der Waals surface area contributed by atoms with Crippen LogP contribution in [-0.2, 0) is 0 Å². The van der Waals surface area contributed by atoms with Crippen LogP contribution in [0.15, 0.2) is 18.2 Å². The third-order valence-corrected chi connectivity index (χ3v) is 4.07. The Kier molecular flexibility index (Phi) is 6.29. The van der Waals surface area contributed by atoms with E-state index in [4.69, 9.17) is 11.6 Å². The summed E-state index contributed by atoms with van der Waals surface area (Å²) in [5.74, 6) is 0.741. The third-order valence-electron chi connectivity index (χ3n) is 3.12. The largest absolute Gasteiger partial charge is 0.339 e. The molecule has 0 spiro atoms. The van der Waals surface area contributed by atoms with Crippen LogP contribution in [0, 0.1) is 10.1 Å². The summed E-state index contributed by atoms with van der Waals surface area (Å²) in [6.07, 6.45) is 2.90. The van der Waals surface area contributed by atoms with E-state index in [-0.39, 0.29) is 28.2 Å². The van der Waals surface area contributed by atoms with Crippen molar-refractivity contribution in [2.24, 2.45) is 0 Å². The summed E-state index contributed by atoms with van der Waals surface area (Å²) in [7, 11) is 1.71. The summed E-state index contributed by atoms with van der Waals surface area (Å²) in [6.45, 7) is 1.97. The number of hydrogen-bond donors (Lipinski definition) is 0. The molecule has 0 radical (unpaired) electrons. The second-order valence-corrected chi connectivity index (χ2v) is 5.86. The Bertz CT molecular complexity index is 510. The van der Waals surface area contributed by atoms with Gasteiger partial charge in [0.1, 0.15) is 0 Å². The summed E-state index contributed by atoms with van der Waals surface area (Å²) < 4.78 is 0. The molecule has 1 aromatic rings. The van der Waals surface area contributed by atoms with Gasteiger partial charge in [-0.3, -0.25) is 14.9 Å². The smallest absolute Gasteiger partial charge is 0.270 e. The number of nitrogens with zero attached hydrogens (tertiary/aromatic N) is 2. The van der Waals surface area contributed by atoms with Crippen LogP contribution in [-0.4, -0.2) is 40.8 Å². The molecule has 0 aromatic heterocycles. The van der Waals surface area contributed by atoms with E-state index in [1.807, 2.05) is 13.2 Å². The molecule has 0 saturated carbocycles. The minimum atomic E-state index is -0.537. The van der Waals surface area contributed by atoms with Gasteiger partial charge in [0, 0.05) is 25.2 Å². The predicted molar refractivity (Wildman–Crippen MR) is 82.7 cm³/mol. The first kappa shape index (κ1) is 16.8. The van der Waals surface area contributed by atoms with Crippen molar-refractivity contribution >= 4 is 35.0 Å². The number of halogens is 1. The van der Waals surface area contributed by atoms with Crippen LogP contribution in [0.1, 0.15) is 23.7 Å². The minimum Gasteiger partial charge on any atom is -0.339 e. The molecule has 0 saturated heterocycles. The number of rotatable bonds is 6. The molecule has 0 heterocycles. The number of hydrogen-bond acceptors (Lipinski definition) is 4. The third kappa shape index (κ3) is 4.11. The molecule has 0 aliphatic carbocycles. The lowest BCUT2D eigenvalue weighted by molar-refractivity contribution is -0.384. The van der Waals surface area contributed by atoms with Crippen LogP contribution in [0.2, 0.25) is 5.02 Å². The molecule has 0 aliphatic rings. The molecule has 1 atom stereocenters. The lowest BCUT2D eigenvalue weighted by Gasteiger charge is -2.25. The van der Waals surface area contributed by atoms with E-state index in [2.05, 4.69) is 0 Å². The molecule has 1 amide bonds. The Morgan fingerprint density at radius 1 is 1.55 bits per heavy atom. The molecule has 0 fully saturated rings. The van der Waals surface area contributed by atoms with E-state index in [0.717, 1.165) is 12.2 Å². The summed E-state index contributed by atoms with van der Waals surface area (Å²) in [6, 6.07) is 3.98. The number of nitro groups is 1. The van der Waals surface area contributed by atoms with Gasteiger partial charge in [-0.1, -0.05) is 11.6 Å². The van der Waals surface area contributed by atoms with Crippen molar-refractivity contribution in [1.82, 2.24) is 4.90 Å². The highest BCUT2D eigenvalue weighted by atomic mass is 35.5. The second kappa shape index (κ2) is 7.50. The normalized spacial score (nSPS) is 12.0. The van der Waals surface area contributed by atoms with Crippen molar-refractivity contribution in [3.05, 3.63) is 38.9 Å². The summed E-state index contributed by atoms with van der Waals surface area (Å²) in [5, 5.41) is 10.7. The van der Waals surface area contributed by atoms with Gasteiger partial charge in [0.15, 0.2) is 0 Å². The van der Waals surface area contributed by atoms with Crippen molar-refractivity contribution < 1.29 is 9.72 Å². The Morgan fingerprint density at radius 3 is 2.70 bits per heavy atom. The molecule has 0 N–H and O–H groups in total. The van der Waals surface area contributed by atoms with Crippen LogP contribution < -0.4 is 0 Å². The lowest BCUT2D eigenvalue weighted by Crippen LogP contribution is -2.35. The van der Waals surface area contributed by atoms with Gasteiger partial charge in [-0.15, -0.1) is 0 Å². The average Bonchev–Trinajstić information content (AvgIpc) is 2.42. The fourth-order valence-electron chi connectivity index (χ4n) is 1.66. The maximum atomic E-state index is 12.3. The van der Waals surface area contributed by atoms with Gasteiger partial charge >= 0.3 is 0 Å². The maximum Gasteiger partial charge on any atom is 0.270 e. The SMILES string of the molecule is CSCCC(C)N(C)C(=O)c1ccc([N+](=O)[O-])cc1Cl. The first-order valence-electron chi connectivity index (χ1n) is 6.08.